The van der Waals surface area contributed by atoms with Crippen LogP contribution in [-0.4, -0.2) is 11.8 Å². The number of carbonyl (C=O) groups excluding carboxylic acids is 2. The molecule has 2 amide bonds. The fourth-order valence-electron chi connectivity index (χ4n) is 2.66. The highest BCUT2D eigenvalue weighted by Gasteiger charge is 2.40. The Bertz CT molecular complexity index is 594. The van der Waals surface area contributed by atoms with Crippen molar-refractivity contribution in [2.45, 2.75) is 25.7 Å². The molecule has 3 rings (SSSR count). The zero-order valence-electron chi connectivity index (χ0n) is 10.3. The molecule has 1 heterocycles. The first-order valence-electron chi connectivity index (χ1n) is 6.25. The quantitative estimate of drug-likeness (QED) is 0.621. The van der Waals surface area contributed by atoms with Crippen LogP contribution in [0.2, 0.25) is 0 Å². The van der Waals surface area contributed by atoms with Crippen LogP contribution >= 0.6 is 0 Å². The van der Waals surface area contributed by atoms with E-state index in [1.807, 2.05) is 0 Å². The van der Waals surface area contributed by atoms with Gasteiger partial charge >= 0.3 is 0 Å². The standard InChI is InChI=1S/C14H13FN2O2/c15-11-6-5-8(16)7-12(11)17-13(18)9-3-1-2-4-10(9)14(17)19/h5-7H,1-4,16H2. The van der Waals surface area contributed by atoms with Crippen molar-refractivity contribution in [3.63, 3.8) is 0 Å². The van der Waals surface area contributed by atoms with Crippen LogP contribution in [0.4, 0.5) is 15.8 Å². The van der Waals surface area contributed by atoms with E-state index in [4.69, 9.17) is 5.73 Å². The molecule has 0 atom stereocenters. The monoisotopic (exact) mass is 260 g/mol. The summed E-state index contributed by atoms with van der Waals surface area (Å²) in [4.78, 5) is 25.4. The molecule has 0 radical (unpaired) electrons. The van der Waals surface area contributed by atoms with E-state index in [-0.39, 0.29) is 5.69 Å². The molecule has 0 spiro atoms. The molecule has 1 aliphatic heterocycles. The van der Waals surface area contributed by atoms with Gasteiger partial charge in [0, 0.05) is 16.8 Å². The Morgan fingerprint density at radius 1 is 1.05 bits per heavy atom. The molecule has 5 heteroatoms. The van der Waals surface area contributed by atoms with Crippen molar-refractivity contribution in [1.82, 2.24) is 0 Å². The Morgan fingerprint density at radius 2 is 1.63 bits per heavy atom. The molecular weight excluding hydrogens is 247 g/mol. The molecule has 2 aliphatic rings. The average Bonchev–Trinajstić information content (AvgIpc) is 2.66. The molecule has 0 bridgehead atoms. The third-order valence-corrected chi connectivity index (χ3v) is 3.60. The number of carbonyl (C=O) groups is 2. The number of nitrogens with two attached hydrogens (primary N) is 1. The molecule has 1 aliphatic carbocycles. The van der Waals surface area contributed by atoms with E-state index >= 15 is 0 Å². The minimum absolute atomic E-state index is 0.0515. The van der Waals surface area contributed by atoms with Crippen molar-refractivity contribution in [1.29, 1.82) is 0 Å². The molecule has 0 saturated heterocycles. The van der Waals surface area contributed by atoms with Crippen LogP contribution in [0.1, 0.15) is 25.7 Å². The molecule has 2 N–H and O–H groups in total. The Hall–Kier alpha value is -2.17. The van der Waals surface area contributed by atoms with Crippen molar-refractivity contribution < 1.29 is 14.0 Å². The predicted molar refractivity (Wildman–Crippen MR) is 68.8 cm³/mol. The first-order valence-corrected chi connectivity index (χ1v) is 6.25. The average molecular weight is 260 g/mol. The maximum absolute atomic E-state index is 13.8. The van der Waals surface area contributed by atoms with E-state index in [0.717, 1.165) is 17.7 Å². The second kappa shape index (κ2) is 4.19. The lowest BCUT2D eigenvalue weighted by atomic mass is 9.93. The molecule has 0 aromatic heterocycles. The smallest absolute Gasteiger partial charge is 0.261 e. The van der Waals surface area contributed by atoms with Crippen molar-refractivity contribution >= 4 is 23.2 Å². The van der Waals surface area contributed by atoms with Gasteiger partial charge in [-0.2, -0.15) is 0 Å². The van der Waals surface area contributed by atoms with Gasteiger partial charge < -0.3 is 5.73 Å². The molecular formula is C14H13FN2O2. The fraction of sp³-hybridized carbons (Fsp3) is 0.286. The number of anilines is 2. The van der Waals surface area contributed by atoms with Gasteiger partial charge in [0.25, 0.3) is 11.8 Å². The van der Waals surface area contributed by atoms with Gasteiger partial charge in [-0.25, -0.2) is 9.29 Å². The second-order valence-corrected chi connectivity index (χ2v) is 4.82. The Labute approximate surface area is 109 Å². The molecule has 4 nitrogen and oxygen atoms in total. The number of rotatable bonds is 1. The number of nitrogen functional groups attached to an aromatic ring is 1. The molecule has 0 fully saturated rings. The third kappa shape index (κ3) is 1.73. The Balaban J connectivity index is 2.06. The van der Waals surface area contributed by atoms with E-state index in [9.17, 15) is 14.0 Å². The first kappa shape index (κ1) is 11.9. The number of hydrogen-bond donors (Lipinski definition) is 1. The van der Waals surface area contributed by atoms with Crippen LogP contribution in [0.15, 0.2) is 29.3 Å². The summed E-state index contributed by atoms with van der Waals surface area (Å²) < 4.78 is 13.8. The van der Waals surface area contributed by atoms with Gasteiger partial charge in [0.05, 0.1) is 5.69 Å². The van der Waals surface area contributed by atoms with E-state index in [1.54, 1.807) is 0 Å². The largest absolute Gasteiger partial charge is 0.399 e. The number of hydrogen-bond acceptors (Lipinski definition) is 3. The summed E-state index contributed by atoms with van der Waals surface area (Å²) >= 11 is 0. The van der Waals surface area contributed by atoms with Crippen molar-refractivity contribution in [2.75, 3.05) is 10.6 Å². The van der Waals surface area contributed by atoms with Crippen molar-refractivity contribution in [2.24, 2.45) is 0 Å². The Kier molecular flexibility index (Phi) is 2.62. The zero-order chi connectivity index (χ0) is 13.6. The predicted octanol–water partition coefficient (Wildman–Crippen LogP) is 2.15. The lowest BCUT2D eigenvalue weighted by Gasteiger charge is -2.16. The van der Waals surface area contributed by atoms with Crippen LogP contribution in [-0.2, 0) is 9.59 Å². The highest BCUT2D eigenvalue weighted by atomic mass is 19.1. The maximum atomic E-state index is 13.8. The zero-order valence-corrected chi connectivity index (χ0v) is 10.3. The van der Waals surface area contributed by atoms with Gasteiger partial charge in [-0.15, -0.1) is 0 Å². The molecule has 1 aromatic rings. The summed E-state index contributed by atoms with van der Waals surface area (Å²) in [6.45, 7) is 0. The van der Waals surface area contributed by atoms with E-state index in [2.05, 4.69) is 0 Å². The molecule has 98 valence electrons. The van der Waals surface area contributed by atoms with Gasteiger partial charge in [0.15, 0.2) is 0 Å². The number of imide groups is 1. The number of halogens is 1. The first-order chi connectivity index (χ1) is 9.09. The minimum atomic E-state index is -0.615. The lowest BCUT2D eigenvalue weighted by Crippen LogP contribution is -2.32. The SMILES string of the molecule is Nc1ccc(F)c(N2C(=O)C3=C(CCCC3)C2=O)c1. The summed E-state index contributed by atoms with van der Waals surface area (Å²) in [6, 6.07) is 3.89. The highest BCUT2D eigenvalue weighted by Crippen LogP contribution is 2.36. The number of nitrogens with zero attached hydrogens (tertiary/aromatic N) is 1. The number of benzene rings is 1. The lowest BCUT2D eigenvalue weighted by molar-refractivity contribution is -0.120. The van der Waals surface area contributed by atoms with Gasteiger partial charge in [-0.1, -0.05) is 0 Å². The third-order valence-electron chi connectivity index (χ3n) is 3.60. The van der Waals surface area contributed by atoms with Crippen LogP contribution in [0, 0.1) is 5.82 Å². The summed E-state index contributed by atoms with van der Waals surface area (Å²) in [6.07, 6.45) is 2.98. The van der Waals surface area contributed by atoms with Crippen molar-refractivity contribution in [3.8, 4) is 0 Å². The van der Waals surface area contributed by atoms with Gasteiger partial charge in [0.2, 0.25) is 0 Å². The summed E-state index contributed by atoms with van der Waals surface area (Å²) in [7, 11) is 0. The van der Waals surface area contributed by atoms with E-state index in [0.29, 0.717) is 29.7 Å². The van der Waals surface area contributed by atoms with Gasteiger partial charge in [-0.05, 0) is 43.9 Å². The summed E-state index contributed by atoms with van der Waals surface area (Å²) in [5.74, 6) is -1.41. The Morgan fingerprint density at radius 3 is 2.21 bits per heavy atom. The van der Waals surface area contributed by atoms with Crippen LogP contribution in [0.5, 0.6) is 0 Å². The van der Waals surface area contributed by atoms with Crippen LogP contribution in [0.3, 0.4) is 0 Å². The topological polar surface area (TPSA) is 63.4 Å². The normalized spacial score (nSPS) is 19.1. The summed E-state index contributed by atoms with van der Waals surface area (Å²) in [5.41, 5.74) is 6.95. The van der Waals surface area contributed by atoms with Crippen LogP contribution < -0.4 is 10.6 Å². The number of amides is 2. The van der Waals surface area contributed by atoms with Crippen LogP contribution in [0.25, 0.3) is 0 Å². The van der Waals surface area contributed by atoms with Gasteiger partial charge in [-0.3, -0.25) is 9.59 Å². The second-order valence-electron chi connectivity index (χ2n) is 4.82. The van der Waals surface area contributed by atoms with Gasteiger partial charge in [0.1, 0.15) is 5.82 Å². The minimum Gasteiger partial charge on any atom is -0.399 e. The molecule has 0 unspecified atom stereocenters. The maximum Gasteiger partial charge on any atom is 0.261 e. The highest BCUT2D eigenvalue weighted by molar-refractivity contribution is 6.33. The molecule has 0 saturated carbocycles. The molecule has 1 aromatic carbocycles. The van der Waals surface area contributed by atoms with Crippen molar-refractivity contribution in [3.05, 3.63) is 35.2 Å². The van der Waals surface area contributed by atoms with E-state index < -0.39 is 17.6 Å². The molecule has 19 heavy (non-hydrogen) atoms. The summed E-state index contributed by atoms with van der Waals surface area (Å²) in [5, 5.41) is 0. The van der Waals surface area contributed by atoms with E-state index in [1.165, 1.54) is 18.2 Å². The fourth-order valence-corrected chi connectivity index (χ4v) is 2.66.